The van der Waals surface area contributed by atoms with Gasteiger partial charge in [0.25, 0.3) is 5.91 Å². The van der Waals surface area contributed by atoms with Gasteiger partial charge in [-0.3, -0.25) is 14.4 Å². The van der Waals surface area contributed by atoms with Gasteiger partial charge in [0, 0.05) is 18.5 Å². The molecular weight excluding hydrogens is 364 g/mol. The number of amides is 2. The van der Waals surface area contributed by atoms with Crippen LogP contribution in [-0.4, -0.2) is 42.0 Å². The fourth-order valence-corrected chi connectivity index (χ4v) is 2.18. The van der Waals surface area contributed by atoms with Crippen LogP contribution in [0.4, 0.5) is 10.5 Å². The molecule has 0 heterocycles. The Bertz CT molecular complexity index is 724. The van der Waals surface area contributed by atoms with Gasteiger partial charge in [-0.05, 0) is 53.2 Å². The maximum Gasteiger partial charge on any atom is 0.407 e. The predicted molar refractivity (Wildman–Crippen MR) is 104 cm³/mol. The van der Waals surface area contributed by atoms with E-state index in [-0.39, 0.29) is 18.7 Å². The van der Waals surface area contributed by atoms with Crippen LogP contribution in [0, 0.1) is 0 Å². The molecule has 0 fully saturated rings. The summed E-state index contributed by atoms with van der Waals surface area (Å²) in [4.78, 5) is 47.1. The Labute approximate surface area is 165 Å². The van der Waals surface area contributed by atoms with Crippen molar-refractivity contribution in [2.24, 2.45) is 0 Å². The zero-order chi connectivity index (χ0) is 21.3. The van der Waals surface area contributed by atoms with Crippen molar-refractivity contribution < 1.29 is 28.7 Å². The monoisotopic (exact) mass is 392 g/mol. The molecule has 8 nitrogen and oxygen atoms in total. The van der Waals surface area contributed by atoms with Crippen molar-refractivity contribution in [3.05, 3.63) is 29.8 Å². The first-order valence-corrected chi connectivity index (χ1v) is 9.07. The molecule has 8 heteroatoms. The molecule has 0 radical (unpaired) electrons. The fraction of sp³-hybridized carbons (Fsp3) is 0.500. The van der Waals surface area contributed by atoms with Crippen molar-refractivity contribution >= 4 is 29.4 Å². The van der Waals surface area contributed by atoms with E-state index in [1.165, 1.54) is 13.8 Å². The lowest BCUT2D eigenvalue weighted by molar-refractivity contribution is -0.153. The second kappa shape index (κ2) is 10.4. The number of rotatable bonds is 8. The van der Waals surface area contributed by atoms with Crippen molar-refractivity contribution in [2.45, 2.75) is 59.2 Å². The Balaban J connectivity index is 2.39. The van der Waals surface area contributed by atoms with E-state index in [0.29, 0.717) is 17.7 Å². The minimum Gasteiger partial charge on any atom is -0.453 e. The van der Waals surface area contributed by atoms with E-state index in [2.05, 4.69) is 10.6 Å². The second-order valence-corrected chi connectivity index (χ2v) is 7.26. The number of hydrogen-bond acceptors (Lipinski definition) is 6. The van der Waals surface area contributed by atoms with Gasteiger partial charge in [-0.2, -0.15) is 0 Å². The Morgan fingerprint density at radius 3 is 2.36 bits per heavy atom. The summed E-state index contributed by atoms with van der Waals surface area (Å²) in [5.74, 6) is -1.28. The highest BCUT2D eigenvalue weighted by Gasteiger charge is 2.20. The first-order chi connectivity index (χ1) is 13.0. The highest BCUT2D eigenvalue weighted by Crippen LogP contribution is 2.16. The average Bonchev–Trinajstić information content (AvgIpc) is 2.57. The lowest BCUT2D eigenvalue weighted by atomic mass is 10.1. The number of para-hydroxylation sites is 1. The summed E-state index contributed by atoms with van der Waals surface area (Å²) in [7, 11) is 0. The molecule has 0 aliphatic heterocycles. The number of hydrogen-bond donors (Lipinski definition) is 2. The third kappa shape index (κ3) is 8.66. The topological polar surface area (TPSA) is 111 Å². The van der Waals surface area contributed by atoms with Crippen LogP contribution in [0.2, 0.25) is 0 Å². The summed E-state index contributed by atoms with van der Waals surface area (Å²) in [6.07, 6.45) is -1.19. The number of benzene rings is 1. The van der Waals surface area contributed by atoms with E-state index >= 15 is 0 Å². The zero-order valence-corrected chi connectivity index (χ0v) is 17.0. The third-order valence-corrected chi connectivity index (χ3v) is 3.47. The lowest BCUT2D eigenvalue weighted by Gasteiger charge is -2.19. The highest BCUT2D eigenvalue weighted by atomic mass is 16.6. The third-order valence-electron chi connectivity index (χ3n) is 3.47. The fourth-order valence-electron chi connectivity index (χ4n) is 2.18. The Kier molecular flexibility index (Phi) is 8.63. The predicted octanol–water partition coefficient (Wildman–Crippen LogP) is 3.06. The van der Waals surface area contributed by atoms with Crippen molar-refractivity contribution in [3.8, 4) is 0 Å². The number of ether oxygens (including phenoxy) is 2. The molecular formula is C20H28N2O6. The lowest BCUT2D eigenvalue weighted by Crippen LogP contribution is -2.33. The number of carbonyl (C=O) groups is 4. The molecule has 1 rings (SSSR count). The van der Waals surface area contributed by atoms with E-state index in [1.807, 2.05) is 0 Å². The molecule has 1 aromatic rings. The number of esters is 1. The summed E-state index contributed by atoms with van der Waals surface area (Å²) in [5, 5.41) is 5.13. The molecule has 0 spiro atoms. The molecule has 2 N–H and O–H groups in total. The average molecular weight is 392 g/mol. The van der Waals surface area contributed by atoms with Gasteiger partial charge in [0.1, 0.15) is 5.60 Å². The summed E-state index contributed by atoms with van der Waals surface area (Å²) in [5.41, 5.74) is 0.152. The standard InChI is InChI=1S/C20H28N2O6/c1-13(23)15-9-6-7-10-16(15)22-18(25)14(2)27-17(24)11-8-12-21-19(26)28-20(3,4)5/h6-7,9-10,14H,8,11-12H2,1-5H3,(H,21,26)(H,22,25)/t14-/m1/s1. The van der Waals surface area contributed by atoms with E-state index in [1.54, 1.807) is 45.0 Å². The van der Waals surface area contributed by atoms with Gasteiger partial charge >= 0.3 is 12.1 Å². The minimum atomic E-state index is -1.02. The summed E-state index contributed by atoms with van der Waals surface area (Å²) < 4.78 is 10.2. The Hall–Kier alpha value is -2.90. The Morgan fingerprint density at radius 1 is 1.11 bits per heavy atom. The van der Waals surface area contributed by atoms with Gasteiger partial charge in [0.2, 0.25) is 0 Å². The van der Waals surface area contributed by atoms with Gasteiger partial charge in [0.05, 0.1) is 5.69 Å². The van der Waals surface area contributed by atoms with Gasteiger partial charge in [-0.15, -0.1) is 0 Å². The van der Waals surface area contributed by atoms with E-state index in [9.17, 15) is 19.2 Å². The quantitative estimate of drug-likeness (QED) is 0.400. The molecule has 0 aliphatic rings. The molecule has 2 amide bonds. The number of nitrogens with one attached hydrogen (secondary N) is 2. The number of Topliss-reactive ketones (excluding diaryl/α,β-unsaturated/α-hetero) is 1. The van der Waals surface area contributed by atoms with Crippen molar-refractivity contribution in [1.29, 1.82) is 0 Å². The molecule has 1 aromatic carbocycles. The summed E-state index contributed by atoms with van der Waals surface area (Å²) in [6, 6.07) is 6.59. The number of ketones is 1. The van der Waals surface area contributed by atoms with E-state index < -0.39 is 29.7 Å². The van der Waals surface area contributed by atoms with Crippen LogP contribution in [0.3, 0.4) is 0 Å². The van der Waals surface area contributed by atoms with Gasteiger partial charge in [-0.1, -0.05) is 12.1 Å². The number of anilines is 1. The smallest absolute Gasteiger partial charge is 0.407 e. The molecule has 154 valence electrons. The van der Waals surface area contributed by atoms with Crippen LogP contribution in [0.25, 0.3) is 0 Å². The first kappa shape index (κ1) is 23.1. The summed E-state index contributed by atoms with van der Waals surface area (Å²) >= 11 is 0. The highest BCUT2D eigenvalue weighted by molar-refractivity contribution is 6.04. The largest absolute Gasteiger partial charge is 0.453 e. The molecule has 28 heavy (non-hydrogen) atoms. The van der Waals surface area contributed by atoms with Gasteiger partial charge in [-0.25, -0.2) is 4.79 Å². The van der Waals surface area contributed by atoms with Crippen molar-refractivity contribution in [2.75, 3.05) is 11.9 Å². The zero-order valence-electron chi connectivity index (χ0n) is 17.0. The van der Waals surface area contributed by atoms with Gasteiger partial charge < -0.3 is 20.1 Å². The molecule has 0 aliphatic carbocycles. The maximum atomic E-state index is 12.2. The Morgan fingerprint density at radius 2 is 1.75 bits per heavy atom. The molecule has 0 aromatic heterocycles. The molecule has 0 saturated heterocycles. The second-order valence-electron chi connectivity index (χ2n) is 7.26. The molecule has 1 atom stereocenters. The SMILES string of the molecule is CC(=O)c1ccccc1NC(=O)[C@@H](C)OC(=O)CCCNC(=O)OC(C)(C)C. The molecule has 0 saturated carbocycles. The normalized spacial score (nSPS) is 11.9. The van der Waals surface area contributed by atoms with Crippen molar-refractivity contribution in [1.82, 2.24) is 5.32 Å². The molecule has 0 bridgehead atoms. The number of alkyl carbamates (subject to hydrolysis) is 1. The van der Waals surface area contributed by atoms with Crippen LogP contribution >= 0.6 is 0 Å². The minimum absolute atomic E-state index is 0.0391. The number of carbonyl (C=O) groups excluding carboxylic acids is 4. The van der Waals surface area contributed by atoms with Crippen LogP contribution < -0.4 is 10.6 Å². The van der Waals surface area contributed by atoms with Crippen LogP contribution in [0.5, 0.6) is 0 Å². The van der Waals surface area contributed by atoms with E-state index in [0.717, 1.165) is 0 Å². The van der Waals surface area contributed by atoms with Gasteiger partial charge in [0.15, 0.2) is 11.9 Å². The van der Waals surface area contributed by atoms with Crippen LogP contribution in [-0.2, 0) is 19.1 Å². The molecule has 0 unspecified atom stereocenters. The first-order valence-electron chi connectivity index (χ1n) is 9.07. The summed E-state index contributed by atoms with van der Waals surface area (Å²) in [6.45, 7) is 8.36. The van der Waals surface area contributed by atoms with Crippen LogP contribution in [0.1, 0.15) is 57.8 Å². The van der Waals surface area contributed by atoms with Crippen molar-refractivity contribution in [3.63, 3.8) is 0 Å². The van der Waals surface area contributed by atoms with Crippen LogP contribution in [0.15, 0.2) is 24.3 Å². The maximum absolute atomic E-state index is 12.2. The van der Waals surface area contributed by atoms with E-state index in [4.69, 9.17) is 9.47 Å².